The highest BCUT2D eigenvalue weighted by molar-refractivity contribution is 5.97. The van der Waals surface area contributed by atoms with Crippen molar-refractivity contribution >= 4 is 17.5 Å². The minimum Gasteiger partial charge on any atom is -0.380 e. The van der Waals surface area contributed by atoms with Gasteiger partial charge in [0.15, 0.2) is 5.84 Å². The number of hydrogen-bond donors (Lipinski definition) is 1. The number of carbonyl (C=O) groups excluding carboxylic acids is 1. The molecule has 0 bridgehead atoms. The Morgan fingerprint density at radius 3 is 2.35 bits per heavy atom. The van der Waals surface area contributed by atoms with Gasteiger partial charge >= 0.3 is 5.97 Å². The lowest BCUT2D eigenvalue weighted by molar-refractivity contribution is -0.384. The van der Waals surface area contributed by atoms with Gasteiger partial charge in [-0.2, -0.15) is 0 Å². The van der Waals surface area contributed by atoms with Gasteiger partial charge in [0.25, 0.3) is 5.69 Å². The fourth-order valence-electron chi connectivity index (χ4n) is 1.86. The van der Waals surface area contributed by atoms with Gasteiger partial charge in [-0.25, -0.2) is 4.79 Å². The highest BCUT2D eigenvalue weighted by Crippen LogP contribution is 2.20. The van der Waals surface area contributed by atoms with Crippen molar-refractivity contribution in [2.75, 3.05) is 0 Å². The second-order valence-electron chi connectivity index (χ2n) is 4.82. The number of amidine groups is 1. The van der Waals surface area contributed by atoms with Gasteiger partial charge in [0.05, 0.1) is 10.8 Å². The third-order valence-corrected chi connectivity index (χ3v) is 3.26. The Morgan fingerprint density at radius 2 is 1.78 bits per heavy atom. The van der Waals surface area contributed by atoms with Crippen LogP contribution in [0.25, 0.3) is 0 Å². The molecule has 0 unspecified atom stereocenters. The number of oxime groups is 1. The second kappa shape index (κ2) is 7.17. The predicted molar refractivity (Wildman–Crippen MR) is 84.8 cm³/mol. The van der Waals surface area contributed by atoms with E-state index in [0.29, 0.717) is 11.1 Å². The number of hydrogen-bond acceptors (Lipinski definition) is 5. The zero-order chi connectivity index (χ0) is 16.8. The molecule has 118 valence electrons. The number of nitro benzene ring substituents is 1. The number of nitrogens with zero attached hydrogens (tertiary/aromatic N) is 2. The molecule has 0 heterocycles. The van der Waals surface area contributed by atoms with Crippen molar-refractivity contribution in [3.8, 4) is 0 Å². The molecule has 0 spiro atoms. The lowest BCUT2D eigenvalue weighted by Crippen LogP contribution is -2.17. The Kier molecular flexibility index (Phi) is 5.03. The first kappa shape index (κ1) is 16.2. The van der Waals surface area contributed by atoms with E-state index in [1.807, 2.05) is 6.07 Å². The van der Waals surface area contributed by atoms with E-state index >= 15 is 0 Å². The minimum absolute atomic E-state index is 0.0411. The molecule has 0 aliphatic heterocycles. The van der Waals surface area contributed by atoms with Crippen LogP contribution >= 0.6 is 0 Å². The second-order valence-corrected chi connectivity index (χ2v) is 4.82. The number of benzene rings is 2. The third-order valence-electron chi connectivity index (χ3n) is 3.26. The minimum atomic E-state index is -0.622. The van der Waals surface area contributed by atoms with Gasteiger partial charge in [-0.15, -0.1) is 0 Å². The fourth-order valence-corrected chi connectivity index (χ4v) is 1.86. The SMILES string of the molecule is C[C@@H](C(=O)O/N=C(/N)c1ccccc1)c1ccc([N+](=O)[O-])cc1. The maximum Gasteiger partial charge on any atom is 0.342 e. The van der Waals surface area contributed by atoms with Gasteiger partial charge in [0, 0.05) is 17.7 Å². The number of carbonyl (C=O) groups is 1. The van der Waals surface area contributed by atoms with Crippen LogP contribution in [0.2, 0.25) is 0 Å². The van der Waals surface area contributed by atoms with Gasteiger partial charge in [0.2, 0.25) is 0 Å². The van der Waals surface area contributed by atoms with Crippen molar-refractivity contribution in [3.05, 3.63) is 75.8 Å². The Morgan fingerprint density at radius 1 is 1.17 bits per heavy atom. The largest absolute Gasteiger partial charge is 0.380 e. The van der Waals surface area contributed by atoms with Gasteiger partial charge in [0.1, 0.15) is 0 Å². The summed E-state index contributed by atoms with van der Waals surface area (Å²) >= 11 is 0. The van der Waals surface area contributed by atoms with Crippen LogP contribution in [0, 0.1) is 10.1 Å². The molecule has 2 aromatic carbocycles. The summed E-state index contributed by atoms with van der Waals surface area (Å²) in [6.07, 6.45) is 0. The molecule has 1 atom stereocenters. The first-order valence-corrected chi connectivity index (χ1v) is 6.83. The summed E-state index contributed by atoms with van der Waals surface area (Å²) in [6, 6.07) is 14.6. The van der Waals surface area contributed by atoms with E-state index < -0.39 is 16.8 Å². The molecule has 7 nitrogen and oxygen atoms in total. The summed E-state index contributed by atoms with van der Waals surface area (Å²) < 4.78 is 0. The van der Waals surface area contributed by atoms with Crippen molar-refractivity contribution in [2.24, 2.45) is 10.9 Å². The molecule has 7 heteroatoms. The molecular weight excluding hydrogens is 298 g/mol. The maximum absolute atomic E-state index is 12.0. The molecule has 0 aliphatic rings. The van der Waals surface area contributed by atoms with Crippen molar-refractivity contribution < 1.29 is 14.6 Å². The van der Waals surface area contributed by atoms with E-state index in [-0.39, 0.29) is 11.5 Å². The first-order chi connectivity index (χ1) is 11.0. The summed E-state index contributed by atoms with van der Waals surface area (Å²) in [6.45, 7) is 1.62. The highest BCUT2D eigenvalue weighted by atomic mass is 16.7. The standard InChI is InChI=1S/C16H15N3O4/c1-11(12-7-9-14(10-8-12)19(21)22)16(20)23-18-15(17)13-5-3-2-4-6-13/h2-11H,1H3,(H2,17,18)/t11-/m1/s1. The molecule has 0 radical (unpaired) electrons. The summed E-state index contributed by atoms with van der Waals surface area (Å²) in [5, 5.41) is 14.2. The lowest BCUT2D eigenvalue weighted by Gasteiger charge is -2.08. The van der Waals surface area contributed by atoms with Crippen LogP contribution in [0.4, 0.5) is 5.69 Å². The summed E-state index contributed by atoms with van der Waals surface area (Å²) in [5.74, 6) is -1.13. The normalized spacial score (nSPS) is 12.5. The Bertz CT molecular complexity index is 727. The highest BCUT2D eigenvalue weighted by Gasteiger charge is 2.18. The quantitative estimate of drug-likeness (QED) is 0.300. The zero-order valence-electron chi connectivity index (χ0n) is 12.4. The predicted octanol–water partition coefficient (Wildman–Crippen LogP) is 2.56. The average Bonchev–Trinajstić information content (AvgIpc) is 2.59. The topological polar surface area (TPSA) is 108 Å². The maximum atomic E-state index is 12.0. The molecule has 2 aromatic rings. The summed E-state index contributed by atoms with van der Waals surface area (Å²) in [7, 11) is 0. The molecule has 0 aromatic heterocycles. The van der Waals surface area contributed by atoms with Crippen LogP contribution in [0.5, 0.6) is 0 Å². The molecule has 0 aliphatic carbocycles. The smallest absolute Gasteiger partial charge is 0.342 e. The summed E-state index contributed by atoms with van der Waals surface area (Å²) in [5.41, 5.74) is 6.93. The molecule has 0 fully saturated rings. The van der Waals surface area contributed by atoms with E-state index in [0.717, 1.165) is 0 Å². The van der Waals surface area contributed by atoms with Crippen molar-refractivity contribution in [1.82, 2.24) is 0 Å². The Labute approximate surface area is 132 Å². The van der Waals surface area contributed by atoms with Crippen molar-refractivity contribution in [1.29, 1.82) is 0 Å². The van der Waals surface area contributed by atoms with Gasteiger partial charge in [-0.05, 0) is 12.5 Å². The van der Waals surface area contributed by atoms with Gasteiger partial charge in [-0.1, -0.05) is 47.6 Å². The molecule has 2 N–H and O–H groups in total. The number of nitrogens with two attached hydrogens (primary N) is 1. The first-order valence-electron chi connectivity index (χ1n) is 6.83. The van der Waals surface area contributed by atoms with Crippen LogP contribution in [-0.4, -0.2) is 16.7 Å². The number of non-ortho nitro benzene ring substituents is 1. The molecule has 23 heavy (non-hydrogen) atoms. The Balaban J connectivity index is 2.04. The van der Waals surface area contributed by atoms with Crippen LogP contribution in [0.15, 0.2) is 59.8 Å². The zero-order valence-corrected chi connectivity index (χ0v) is 12.4. The van der Waals surface area contributed by atoms with E-state index in [1.54, 1.807) is 31.2 Å². The van der Waals surface area contributed by atoms with Crippen molar-refractivity contribution in [3.63, 3.8) is 0 Å². The molecular formula is C16H15N3O4. The fraction of sp³-hybridized carbons (Fsp3) is 0.125. The van der Waals surface area contributed by atoms with E-state index in [4.69, 9.17) is 10.6 Å². The molecule has 0 amide bonds. The van der Waals surface area contributed by atoms with Crippen LogP contribution < -0.4 is 5.73 Å². The van der Waals surface area contributed by atoms with E-state index in [1.165, 1.54) is 24.3 Å². The van der Waals surface area contributed by atoms with Gasteiger partial charge < -0.3 is 10.6 Å². The monoisotopic (exact) mass is 313 g/mol. The Hall–Kier alpha value is -3.22. The molecule has 0 saturated heterocycles. The van der Waals surface area contributed by atoms with Crippen molar-refractivity contribution in [2.45, 2.75) is 12.8 Å². The molecule has 0 saturated carbocycles. The van der Waals surface area contributed by atoms with Crippen LogP contribution in [0.3, 0.4) is 0 Å². The molecule has 2 rings (SSSR count). The lowest BCUT2D eigenvalue weighted by atomic mass is 10.0. The van der Waals surface area contributed by atoms with Crippen LogP contribution in [0.1, 0.15) is 24.0 Å². The number of rotatable bonds is 5. The number of nitro groups is 1. The third kappa shape index (κ3) is 4.13. The van der Waals surface area contributed by atoms with Gasteiger partial charge in [-0.3, -0.25) is 10.1 Å². The average molecular weight is 313 g/mol. The van der Waals surface area contributed by atoms with E-state index in [9.17, 15) is 14.9 Å². The van der Waals surface area contributed by atoms with Crippen LogP contribution in [-0.2, 0) is 9.63 Å². The van der Waals surface area contributed by atoms with E-state index in [2.05, 4.69) is 5.16 Å². The summed E-state index contributed by atoms with van der Waals surface area (Å²) in [4.78, 5) is 26.9.